The molecule has 0 N–H and O–H groups in total. The van der Waals surface area contributed by atoms with Gasteiger partial charge in [0.15, 0.2) is 0 Å². The first-order chi connectivity index (χ1) is 10.5. The third kappa shape index (κ3) is 4.02. The molecule has 2 aliphatic heterocycles. The highest BCUT2D eigenvalue weighted by atomic mass is 32.2. The monoisotopic (exact) mass is 322 g/mol. The van der Waals surface area contributed by atoms with Gasteiger partial charge in [-0.2, -0.15) is 0 Å². The number of sulfone groups is 1. The summed E-state index contributed by atoms with van der Waals surface area (Å²) >= 11 is 0. The second-order valence-corrected chi connectivity index (χ2v) is 9.03. The van der Waals surface area contributed by atoms with Gasteiger partial charge < -0.3 is 4.90 Å². The standard InChI is InChI=1S/C17H26N2O2S/c1-15-3-2-4-17(13-15)19-9-7-18(8-10-19)14-16-5-11-22(20,21)12-6-16/h2-4,13,16H,5-12,14H2,1H3. The van der Waals surface area contributed by atoms with Gasteiger partial charge in [-0.3, -0.25) is 4.90 Å². The van der Waals surface area contributed by atoms with Crippen LogP contribution in [0, 0.1) is 12.8 Å². The summed E-state index contributed by atoms with van der Waals surface area (Å²) in [5, 5.41) is 0. The van der Waals surface area contributed by atoms with Gasteiger partial charge in [-0.05, 0) is 43.4 Å². The number of aryl methyl sites for hydroxylation is 1. The smallest absolute Gasteiger partial charge is 0.150 e. The van der Waals surface area contributed by atoms with Crippen molar-refractivity contribution in [3.8, 4) is 0 Å². The van der Waals surface area contributed by atoms with E-state index in [1.807, 2.05) is 0 Å². The van der Waals surface area contributed by atoms with Gasteiger partial charge in [0.2, 0.25) is 0 Å². The molecule has 0 spiro atoms. The summed E-state index contributed by atoms with van der Waals surface area (Å²) in [4.78, 5) is 4.96. The minimum atomic E-state index is -2.73. The van der Waals surface area contributed by atoms with Gasteiger partial charge in [-0.1, -0.05) is 12.1 Å². The summed E-state index contributed by atoms with van der Waals surface area (Å²) in [6.45, 7) is 7.49. The number of benzene rings is 1. The summed E-state index contributed by atoms with van der Waals surface area (Å²) in [5.41, 5.74) is 2.63. The molecule has 0 aliphatic carbocycles. The van der Waals surface area contributed by atoms with Crippen molar-refractivity contribution in [1.82, 2.24) is 4.90 Å². The Bertz CT molecular complexity index is 593. The zero-order valence-corrected chi connectivity index (χ0v) is 14.2. The Balaban J connectivity index is 1.48. The molecule has 2 saturated heterocycles. The van der Waals surface area contributed by atoms with E-state index in [4.69, 9.17) is 0 Å². The van der Waals surface area contributed by atoms with Crippen LogP contribution in [0.25, 0.3) is 0 Å². The molecule has 0 atom stereocenters. The average molecular weight is 322 g/mol. The van der Waals surface area contributed by atoms with E-state index in [0.717, 1.165) is 45.6 Å². The van der Waals surface area contributed by atoms with E-state index in [1.54, 1.807) is 0 Å². The number of nitrogens with zero attached hydrogens (tertiary/aromatic N) is 2. The maximum absolute atomic E-state index is 11.5. The van der Waals surface area contributed by atoms with Crippen LogP contribution in [0.15, 0.2) is 24.3 Å². The maximum Gasteiger partial charge on any atom is 0.150 e. The molecule has 1 aromatic carbocycles. The zero-order valence-electron chi connectivity index (χ0n) is 13.4. The fourth-order valence-electron chi connectivity index (χ4n) is 3.50. The summed E-state index contributed by atoms with van der Waals surface area (Å²) in [7, 11) is -2.73. The molecule has 1 aromatic rings. The normalized spacial score (nSPS) is 23.6. The highest BCUT2D eigenvalue weighted by Crippen LogP contribution is 2.22. The van der Waals surface area contributed by atoms with Gasteiger partial charge in [-0.25, -0.2) is 8.42 Å². The van der Waals surface area contributed by atoms with E-state index in [-0.39, 0.29) is 0 Å². The first-order valence-electron chi connectivity index (χ1n) is 8.26. The molecule has 5 heteroatoms. The van der Waals surface area contributed by atoms with E-state index in [9.17, 15) is 8.42 Å². The van der Waals surface area contributed by atoms with E-state index in [2.05, 4.69) is 41.0 Å². The lowest BCUT2D eigenvalue weighted by Crippen LogP contribution is -2.48. The molecule has 0 aromatic heterocycles. The summed E-state index contributed by atoms with van der Waals surface area (Å²) < 4.78 is 23.0. The van der Waals surface area contributed by atoms with Gasteiger partial charge in [0.05, 0.1) is 11.5 Å². The van der Waals surface area contributed by atoms with Crippen molar-refractivity contribution in [2.24, 2.45) is 5.92 Å². The van der Waals surface area contributed by atoms with Crippen LogP contribution in [0.3, 0.4) is 0 Å². The molecule has 0 amide bonds. The van der Waals surface area contributed by atoms with Gasteiger partial charge in [0.25, 0.3) is 0 Å². The van der Waals surface area contributed by atoms with E-state index < -0.39 is 9.84 Å². The Morgan fingerprint density at radius 1 is 1.09 bits per heavy atom. The number of rotatable bonds is 3. The number of hydrogen-bond acceptors (Lipinski definition) is 4. The van der Waals surface area contributed by atoms with Crippen LogP contribution in [0.1, 0.15) is 18.4 Å². The SMILES string of the molecule is Cc1cccc(N2CCN(CC3CCS(=O)(=O)CC3)CC2)c1. The van der Waals surface area contributed by atoms with Gasteiger partial charge in [-0.15, -0.1) is 0 Å². The second-order valence-electron chi connectivity index (χ2n) is 6.72. The van der Waals surface area contributed by atoms with Crippen LogP contribution in [-0.4, -0.2) is 57.5 Å². The van der Waals surface area contributed by atoms with Crippen molar-refractivity contribution < 1.29 is 8.42 Å². The van der Waals surface area contributed by atoms with Crippen LogP contribution in [0.5, 0.6) is 0 Å². The molecule has 122 valence electrons. The first kappa shape index (κ1) is 15.8. The number of anilines is 1. The summed E-state index contributed by atoms with van der Waals surface area (Å²) in [6, 6.07) is 8.70. The zero-order chi connectivity index (χ0) is 15.6. The molecular weight excluding hydrogens is 296 g/mol. The molecule has 0 radical (unpaired) electrons. The Kier molecular flexibility index (Phi) is 4.73. The molecule has 0 unspecified atom stereocenters. The maximum atomic E-state index is 11.5. The molecule has 2 heterocycles. The molecule has 2 aliphatic rings. The van der Waals surface area contributed by atoms with Crippen molar-refractivity contribution in [3.63, 3.8) is 0 Å². The Hall–Kier alpha value is -1.07. The second kappa shape index (κ2) is 6.59. The molecule has 22 heavy (non-hydrogen) atoms. The van der Waals surface area contributed by atoms with Crippen LogP contribution < -0.4 is 4.90 Å². The highest BCUT2D eigenvalue weighted by molar-refractivity contribution is 7.91. The summed E-state index contributed by atoms with van der Waals surface area (Å²) in [5.74, 6) is 1.34. The molecule has 4 nitrogen and oxygen atoms in total. The topological polar surface area (TPSA) is 40.6 Å². The predicted molar refractivity (Wildman–Crippen MR) is 91.2 cm³/mol. The van der Waals surface area contributed by atoms with Gasteiger partial charge in [0, 0.05) is 38.4 Å². The molecule has 2 fully saturated rings. The van der Waals surface area contributed by atoms with E-state index in [1.165, 1.54) is 11.3 Å². The lowest BCUT2D eigenvalue weighted by Gasteiger charge is -2.38. The fourth-order valence-corrected chi connectivity index (χ4v) is 5.09. The lowest BCUT2D eigenvalue weighted by atomic mass is 10.0. The van der Waals surface area contributed by atoms with Crippen molar-refractivity contribution in [3.05, 3.63) is 29.8 Å². The molecular formula is C17H26N2O2S. The lowest BCUT2D eigenvalue weighted by molar-refractivity contribution is 0.211. The minimum absolute atomic E-state index is 0.390. The van der Waals surface area contributed by atoms with Crippen LogP contribution in [0.2, 0.25) is 0 Å². The summed E-state index contributed by atoms with van der Waals surface area (Å²) in [6.07, 6.45) is 1.70. The quantitative estimate of drug-likeness (QED) is 0.853. The molecule has 0 saturated carbocycles. The van der Waals surface area contributed by atoms with E-state index >= 15 is 0 Å². The minimum Gasteiger partial charge on any atom is -0.369 e. The van der Waals surface area contributed by atoms with Gasteiger partial charge in [0.1, 0.15) is 9.84 Å². The Morgan fingerprint density at radius 2 is 1.77 bits per heavy atom. The van der Waals surface area contributed by atoms with Crippen LogP contribution >= 0.6 is 0 Å². The number of hydrogen-bond donors (Lipinski definition) is 0. The Morgan fingerprint density at radius 3 is 2.41 bits per heavy atom. The molecule has 0 bridgehead atoms. The average Bonchev–Trinajstić information content (AvgIpc) is 2.50. The van der Waals surface area contributed by atoms with Crippen LogP contribution in [-0.2, 0) is 9.84 Å². The van der Waals surface area contributed by atoms with E-state index in [0.29, 0.717) is 17.4 Å². The Labute approximate surface area is 134 Å². The first-order valence-corrected chi connectivity index (χ1v) is 10.1. The predicted octanol–water partition coefficient (Wildman–Crippen LogP) is 1.94. The fraction of sp³-hybridized carbons (Fsp3) is 0.647. The third-order valence-electron chi connectivity index (χ3n) is 4.93. The largest absolute Gasteiger partial charge is 0.369 e. The highest BCUT2D eigenvalue weighted by Gasteiger charge is 2.26. The van der Waals surface area contributed by atoms with Gasteiger partial charge >= 0.3 is 0 Å². The number of piperazine rings is 1. The van der Waals surface area contributed by atoms with Crippen molar-refractivity contribution in [2.45, 2.75) is 19.8 Å². The van der Waals surface area contributed by atoms with Crippen molar-refractivity contribution in [1.29, 1.82) is 0 Å². The van der Waals surface area contributed by atoms with Crippen molar-refractivity contribution in [2.75, 3.05) is 49.1 Å². The van der Waals surface area contributed by atoms with Crippen LogP contribution in [0.4, 0.5) is 5.69 Å². The molecule has 3 rings (SSSR count). The third-order valence-corrected chi connectivity index (χ3v) is 6.65. The van der Waals surface area contributed by atoms with Crippen molar-refractivity contribution >= 4 is 15.5 Å².